The Kier molecular flexibility index (Phi) is 5.53. The second-order valence-electron chi connectivity index (χ2n) is 8.18. The van der Waals surface area contributed by atoms with Gasteiger partial charge in [0.2, 0.25) is 0 Å². The van der Waals surface area contributed by atoms with Crippen molar-refractivity contribution >= 4 is 6.03 Å². The number of benzene rings is 2. The van der Waals surface area contributed by atoms with Gasteiger partial charge in [0.25, 0.3) is 0 Å². The van der Waals surface area contributed by atoms with Crippen molar-refractivity contribution in [3.05, 3.63) is 64.7 Å². The van der Waals surface area contributed by atoms with Crippen LogP contribution in [-0.4, -0.2) is 42.2 Å². The van der Waals surface area contributed by atoms with E-state index < -0.39 is 0 Å². The number of nitrogens with one attached hydrogen (secondary N) is 2. The first-order valence-corrected chi connectivity index (χ1v) is 10.2. The van der Waals surface area contributed by atoms with Crippen molar-refractivity contribution in [1.82, 2.24) is 15.5 Å². The first-order valence-electron chi connectivity index (χ1n) is 10.2. The molecule has 28 heavy (non-hydrogen) atoms. The molecule has 0 fully saturated rings. The maximum Gasteiger partial charge on any atom is 0.317 e. The van der Waals surface area contributed by atoms with Gasteiger partial charge in [-0.25, -0.2) is 4.79 Å². The van der Waals surface area contributed by atoms with Crippen LogP contribution < -0.4 is 10.6 Å². The molecule has 148 valence electrons. The summed E-state index contributed by atoms with van der Waals surface area (Å²) in [7, 11) is 1.86. The van der Waals surface area contributed by atoms with E-state index in [9.17, 15) is 9.90 Å². The highest BCUT2D eigenvalue weighted by Gasteiger charge is 2.23. The molecule has 0 unspecified atom stereocenters. The van der Waals surface area contributed by atoms with E-state index in [0.717, 1.165) is 44.3 Å². The minimum absolute atomic E-state index is 0.00573. The number of nitrogens with zero attached hydrogens (tertiary/aromatic N) is 1. The van der Waals surface area contributed by atoms with Crippen molar-refractivity contribution in [1.29, 1.82) is 0 Å². The van der Waals surface area contributed by atoms with Gasteiger partial charge < -0.3 is 20.6 Å². The fourth-order valence-corrected chi connectivity index (χ4v) is 4.48. The highest BCUT2D eigenvalue weighted by atomic mass is 16.3. The van der Waals surface area contributed by atoms with E-state index >= 15 is 0 Å². The van der Waals surface area contributed by atoms with Gasteiger partial charge in [0, 0.05) is 32.7 Å². The van der Waals surface area contributed by atoms with Crippen molar-refractivity contribution in [2.24, 2.45) is 5.92 Å². The molecule has 1 aliphatic carbocycles. The monoisotopic (exact) mass is 379 g/mol. The van der Waals surface area contributed by atoms with E-state index in [1.54, 1.807) is 11.0 Å². The summed E-state index contributed by atoms with van der Waals surface area (Å²) < 4.78 is 0. The van der Waals surface area contributed by atoms with Gasteiger partial charge in [0.1, 0.15) is 5.75 Å². The molecule has 5 heteroatoms. The van der Waals surface area contributed by atoms with E-state index in [1.165, 1.54) is 16.7 Å². The number of carbonyl (C=O) groups excluding carboxylic acids is 1. The van der Waals surface area contributed by atoms with Gasteiger partial charge >= 0.3 is 6.03 Å². The van der Waals surface area contributed by atoms with E-state index in [0.29, 0.717) is 18.2 Å². The van der Waals surface area contributed by atoms with Crippen LogP contribution in [0.2, 0.25) is 0 Å². The van der Waals surface area contributed by atoms with Crippen LogP contribution in [0.15, 0.2) is 42.5 Å². The van der Waals surface area contributed by atoms with Crippen LogP contribution in [-0.2, 0) is 25.8 Å². The van der Waals surface area contributed by atoms with Gasteiger partial charge in [0.15, 0.2) is 0 Å². The topological polar surface area (TPSA) is 64.6 Å². The second-order valence-corrected chi connectivity index (χ2v) is 8.18. The molecular weight excluding hydrogens is 350 g/mol. The Balaban J connectivity index is 1.20. The Morgan fingerprint density at radius 2 is 1.82 bits per heavy atom. The van der Waals surface area contributed by atoms with Gasteiger partial charge in [-0.1, -0.05) is 30.3 Å². The number of amides is 2. The smallest absolute Gasteiger partial charge is 0.317 e. The third-order valence-corrected chi connectivity index (χ3v) is 6.04. The van der Waals surface area contributed by atoms with Crippen LogP contribution in [0.25, 0.3) is 0 Å². The maximum atomic E-state index is 12.5. The zero-order valence-corrected chi connectivity index (χ0v) is 16.4. The summed E-state index contributed by atoms with van der Waals surface area (Å²) in [5, 5.41) is 16.1. The Labute approximate surface area is 166 Å². The number of hydrogen-bond acceptors (Lipinski definition) is 3. The molecule has 1 heterocycles. The van der Waals surface area contributed by atoms with Crippen molar-refractivity contribution in [2.75, 3.05) is 20.1 Å². The first-order chi connectivity index (χ1) is 13.6. The lowest BCUT2D eigenvalue weighted by atomic mass is 9.95. The molecule has 3 N–H and O–H groups in total. The van der Waals surface area contributed by atoms with Crippen LogP contribution in [0.4, 0.5) is 4.79 Å². The van der Waals surface area contributed by atoms with Crippen molar-refractivity contribution in [2.45, 2.75) is 38.3 Å². The molecule has 0 spiro atoms. The van der Waals surface area contributed by atoms with E-state index in [-0.39, 0.29) is 12.1 Å². The zero-order valence-electron chi connectivity index (χ0n) is 16.4. The second kappa shape index (κ2) is 8.23. The normalized spacial score (nSPS) is 18.4. The Bertz CT molecular complexity index is 826. The summed E-state index contributed by atoms with van der Waals surface area (Å²) in [6.07, 6.45) is 4.14. The molecular formula is C23H29N3O2. The van der Waals surface area contributed by atoms with E-state index in [4.69, 9.17) is 0 Å². The SMILES string of the molecule is CN(C[C@@H]1Cc2ccc(O)cc2CN1)C(=O)NCCC1Cc2ccccc2C1. The van der Waals surface area contributed by atoms with Gasteiger partial charge in [-0.15, -0.1) is 0 Å². The summed E-state index contributed by atoms with van der Waals surface area (Å²) >= 11 is 0. The molecule has 0 saturated heterocycles. The quantitative estimate of drug-likeness (QED) is 0.749. The Morgan fingerprint density at radius 1 is 1.11 bits per heavy atom. The molecule has 2 amide bonds. The van der Waals surface area contributed by atoms with Gasteiger partial charge in [0.05, 0.1) is 0 Å². The molecule has 0 bridgehead atoms. The van der Waals surface area contributed by atoms with E-state index in [1.807, 2.05) is 19.2 Å². The van der Waals surface area contributed by atoms with Crippen molar-refractivity contribution in [3.63, 3.8) is 0 Å². The standard InChI is InChI=1S/C23H29N3O2/c1-26(15-21-12-19-6-7-22(27)13-20(19)14-25-21)23(28)24-9-8-16-10-17-4-2-3-5-18(17)11-16/h2-7,13,16,21,25,27H,8-12,14-15H2,1H3,(H,24,28)/t21-/m0/s1. The Hall–Kier alpha value is -2.53. The number of aromatic hydroxyl groups is 1. The van der Waals surface area contributed by atoms with Gasteiger partial charge in [-0.2, -0.15) is 0 Å². The fourth-order valence-electron chi connectivity index (χ4n) is 4.48. The average molecular weight is 380 g/mol. The molecule has 1 aliphatic heterocycles. The zero-order chi connectivity index (χ0) is 19.5. The number of hydrogen-bond donors (Lipinski definition) is 3. The van der Waals surface area contributed by atoms with Crippen LogP contribution in [0.3, 0.4) is 0 Å². The predicted molar refractivity (Wildman–Crippen MR) is 110 cm³/mol. The summed E-state index contributed by atoms with van der Waals surface area (Å²) in [6, 6.07) is 14.4. The fraction of sp³-hybridized carbons (Fsp3) is 0.435. The molecule has 2 aromatic rings. The first kappa shape index (κ1) is 18.8. The molecule has 0 saturated carbocycles. The summed E-state index contributed by atoms with van der Waals surface area (Å²) in [5.74, 6) is 0.941. The highest BCUT2D eigenvalue weighted by Crippen LogP contribution is 2.28. The molecule has 0 radical (unpaired) electrons. The minimum Gasteiger partial charge on any atom is -0.508 e. The minimum atomic E-state index is -0.00573. The molecule has 0 aromatic heterocycles. The lowest BCUT2D eigenvalue weighted by molar-refractivity contribution is 0.201. The molecule has 1 atom stereocenters. The summed E-state index contributed by atoms with van der Waals surface area (Å²) in [6.45, 7) is 2.12. The number of rotatable bonds is 5. The molecule has 2 aromatic carbocycles. The molecule has 2 aliphatic rings. The van der Waals surface area contributed by atoms with Crippen molar-refractivity contribution < 1.29 is 9.90 Å². The third-order valence-electron chi connectivity index (χ3n) is 6.04. The lowest BCUT2D eigenvalue weighted by Gasteiger charge is -2.30. The summed E-state index contributed by atoms with van der Waals surface area (Å²) in [4.78, 5) is 14.2. The van der Waals surface area contributed by atoms with Crippen LogP contribution in [0, 0.1) is 5.92 Å². The van der Waals surface area contributed by atoms with Gasteiger partial charge in [-0.05, 0) is 66.0 Å². The maximum absolute atomic E-state index is 12.5. The molecule has 5 nitrogen and oxygen atoms in total. The van der Waals surface area contributed by atoms with Crippen LogP contribution in [0.1, 0.15) is 28.7 Å². The highest BCUT2D eigenvalue weighted by molar-refractivity contribution is 5.73. The largest absolute Gasteiger partial charge is 0.508 e. The number of phenolic OH excluding ortho intramolecular Hbond substituents is 1. The number of urea groups is 1. The number of phenols is 1. The van der Waals surface area contributed by atoms with E-state index in [2.05, 4.69) is 34.9 Å². The molecule has 4 rings (SSSR count). The Morgan fingerprint density at radius 3 is 2.57 bits per heavy atom. The van der Waals surface area contributed by atoms with Crippen molar-refractivity contribution in [3.8, 4) is 5.75 Å². The average Bonchev–Trinajstić information content (AvgIpc) is 3.10. The lowest BCUT2D eigenvalue weighted by Crippen LogP contribution is -2.48. The summed E-state index contributed by atoms with van der Waals surface area (Å²) in [5.41, 5.74) is 5.32. The van der Waals surface area contributed by atoms with Gasteiger partial charge in [-0.3, -0.25) is 0 Å². The number of fused-ring (bicyclic) bond motifs is 2. The third kappa shape index (κ3) is 4.30. The number of carbonyl (C=O) groups is 1. The van der Waals surface area contributed by atoms with Crippen LogP contribution >= 0.6 is 0 Å². The number of likely N-dealkylation sites (N-methyl/N-ethyl adjacent to an activating group) is 1. The predicted octanol–water partition coefficient (Wildman–Crippen LogP) is 2.85. The van der Waals surface area contributed by atoms with Crippen LogP contribution in [0.5, 0.6) is 5.75 Å².